The van der Waals surface area contributed by atoms with Gasteiger partial charge in [0, 0.05) is 23.7 Å². The number of hydrogen-bond acceptors (Lipinski definition) is 4. The fourth-order valence-electron chi connectivity index (χ4n) is 1.77. The molecule has 22 heavy (non-hydrogen) atoms. The molecule has 1 aromatic heterocycles. The van der Waals surface area contributed by atoms with E-state index in [0.29, 0.717) is 11.2 Å². The molecule has 0 aliphatic rings. The molecule has 0 atom stereocenters. The van der Waals surface area contributed by atoms with Crippen LogP contribution in [0, 0.1) is 6.92 Å². The summed E-state index contributed by atoms with van der Waals surface area (Å²) < 4.78 is 0. The maximum Gasteiger partial charge on any atom is 0.325 e. The number of carbonyl (C=O) groups excluding carboxylic acids is 1. The maximum absolute atomic E-state index is 11.9. The summed E-state index contributed by atoms with van der Waals surface area (Å²) in [6.07, 6.45) is 0. The van der Waals surface area contributed by atoms with Crippen molar-refractivity contribution in [3.8, 4) is 0 Å². The van der Waals surface area contributed by atoms with Gasteiger partial charge in [-0.05, 0) is 40.0 Å². The van der Waals surface area contributed by atoms with Gasteiger partial charge in [0.1, 0.15) is 0 Å². The number of aryl methyl sites for hydroxylation is 1. The number of anilines is 2. The monoisotopic (exact) mass is 318 g/mol. The van der Waals surface area contributed by atoms with Gasteiger partial charge in [0.05, 0.1) is 5.69 Å². The van der Waals surface area contributed by atoms with Crippen LogP contribution in [0.25, 0.3) is 0 Å². The molecule has 6 heteroatoms. The molecule has 0 radical (unpaired) electrons. The number of rotatable bonds is 5. The molecule has 0 aliphatic carbocycles. The van der Waals surface area contributed by atoms with Crippen molar-refractivity contribution < 1.29 is 4.79 Å². The van der Waals surface area contributed by atoms with E-state index in [0.717, 1.165) is 23.5 Å². The molecule has 2 rings (SSSR count). The third-order valence-electron chi connectivity index (χ3n) is 3.37. The predicted octanol–water partition coefficient (Wildman–Crippen LogP) is 3.94. The lowest BCUT2D eigenvalue weighted by atomic mass is 10.2. The van der Waals surface area contributed by atoms with Crippen molar-refractivity contribution >= 4 is 28.2 Å². The highest BCUT2D eigenvalue weighted by Crippen LogP contribution is 2.17. The van der Waals surface area contributed by atoms with Crippen LogP contribution >= 0.6 is 11.3 Å². The minimum atomic E-state index is -0.276. The fourth-order valence-corrected chi connectivity index (χ4v) is 2.47. The third-order valence-corrected chi connectivity index (χ3v) is 4.18. The van der Waals surface area contributed by atoms with Crippen molar-refractivity contribution in [2.24, 2.45) is 0 Å². The fraction of sp³-hybridized carbons (Fsp3) is 0.375. The number of thiazole rings is 1. The van der Waals surface area contributed by atoms with E-state index in [9.17, 15) is 4.79 Å². The zero-order valence-electron chi connectivity index (χ0n) is 13.4. The summed E-state index contributed by atoms with van der Waals surface area (Å²) in [5, 5.41) is 8.14. The highest BCUT2D eigenvalue weighted by molar-refractivity contribution is 7.13. The van der Waals surface area contributed by atoms with Crippen LogP contribution in [-0.4, -0.2) is 29.0 Å². The Labute approximate surface area is 135 Å². The highest BCUT2D eigenvalue weighted by atomic mass is 32.1. The average Bonchev–Trinajstić information content (AvgIpc) is 2.88. The van der Waals surface area contributed by atoms with Crippen LogP contribution in [0.2, 0.25) is 0 Å². The number of carbonyl (C=O) groups is 1. The topological polar surface area (TPSA) is 57.3 Å². The summed E-state index contributed by atoms with van der Waals surface area (Å²) in [6.45, 7) is 7.06. The van der Waals surface area contributed by atoms with E-state index in [1.54, 1.807) is 0 Å². The van der Waals surface area contributed by atoms with Crippen molar-refractivity contribution in [2.45, 2.75) is 33.4 Å². The standard InChI is InChI=1S/C16H22N4OS/c1-11(2)20(4)9-14-10-22-16(18-14)19-15(21)17-13-7-5-12(3)6-8-13/h5-8,10-11H,9H2,1-4H3,(H2,17,18,19,21). The summed E-state index contributed by atoms with van der Waals surface area (Å²) in [7, 11) is 2.06. The molecule has 0 fully saturated rings. The van der Waals surface area contributed by atoms with Crippen molar-refractivity contribution in [2.75, 3.05) is 17.7 Å². The molecule has 0 saturated carbocycles. The molecule has 5 nitrogen and oxygen atoms in total. The second-order valence-corrected chi connectivity index (χ2v) is 6.46. The molecule has 0 bridgehead atoms. The van der Waals surface area contributed by atoms with E-state index in [2.05, 4.69) is 41.4 Å². The summed E-state index contributed by atoms with van der Waals surface area (Å²) in [4.78, 5) is 18.6. The van der Waals surface area contributed by atoms with Crippen molar-refractivity contribution in [3.63, 3.8) is 0 Å². The van der Waals surface area contributed by atoms with E-state index in [1.165, 1.54) is 11.3 Å². The lowest BCUT2D eigenvalue weighted by Crippen LogP contribution is -2.25. The van der Waals surface area contributed by atoms with Gasteiger partial charge in [0.25, 0.3) is 0 Å². The molecule has 1 aromatic carbocycles. The molecule has 2 aromatic rings. The second kappa shape index (κ2) is 7.38. The first-order chi connectivity index (χ1) is 10.4. The third kappa shape index (κ3) is 4.82. The lowest BCUT2D eigenvalue weighted by Gasteiger charge is -2.19. The van der Waals surface area contributed by atoms with Crippen molar-refractivity contribution in [1.29, 1.82) is 0 Å². The Morgan fingerprint density at radius 3 is 2.59 bits per heavy atom. The molecular formula is C16H22N4OS. The molecule has 1 heterocycles. The first-order valence-corrected chi connectivity index (χ1v) is 8.11. The van der Waals surface area contributed by atoms with E-state index in [-0.39, 0.29) is 6.03 Å². The first-order valence-electron chi connectivity index (χ1n) is 7.23. The lowest BCUT2D eigenvalue weighted by molar-refractivity contribution is 0.261. The molecule has 0 saturated heterocycles. The van der Waals surface area contributed by atoms with Crippen LogP contribution in [-0.2, 0) is 6.54 Å². The Balaban J connectivity index is 1.89. The van der Waals surface area contributed by atoms with E-state index in [4.69, 9.17) is 0 Å². The number of aromatic nitrogens is 1. The van der Waals surface area contributed by atoms with Gasteiger partial charge in [-0.1, -0.05) is 17.7 Å². The number of nitrogens with one attached hydrogen (secondary N) is 2. The van der Waals surface area contributed by atoms with Gasteiger partial charge in [0.2, 0.25) is 0 Å². The maximum atomic E-state index is 11.9. The van der Waals surface area contributed by atoms with Gasteiger partial charge in [-0.2, -0.15) is 0 Å². The molecular weight excluding hydrogens is 296 g/mol. The number of amides is 2. The Hall–Kier alpha value is -1.92. The SMILES string of the molecule is Cc1ccc(NC(=O)Nc2nc(CN(C)C(C)C)cs2)cc1. The van der Waals surface area contributed by atoms with Gasteiger partial charge >= 0.3 is 6.03 Å². The summed E-state index contributed by atoms with van der Waals surface area (Å²) >= 11 is 1.43. The van der Waals surface area contributed by atoms with E-state index in [1.807, 2.05) is 36.6 Å². The average molecular weight is 318 g/mol. The summed E-state index contributed by atoms with van der Waals surface area (Å²) in [5.41, 5.74) is 2.89. The minimum Gasteiger partial charge on any atom is -0.308 e. The second-order valence-electron chi connectivity index (χ2n) is 5.60. The summed E-state index contributed by atoms with van der Waals surface area (Å²) in [5.74, 6) is 0. The van der Waals surface area contributed by atoms with Crippen LogP contribution in [0.4, 0.5) is 15.6 Å². The molecule has 0 unspecified atom stereocenters. The Morgan fingerprint density at radius 2 is 1.95 bits per heavy atom. The minimum absolute atomic E-state index is 0.276. The van der Waals surface area contributed by atoms with Crippen LogP contribution in [0.3, 0.4) is 0 Å². The van der Waals surface area contributed by atoms with Gasteiger partial charge in [-0.25, -0.2) is 9.78 Å². The Kier molecular flexibility index (Phi) is 5.51. The van der Waals surface area contributed by atoms with Gasteiger partial charge < -0.3 is 5.32 Å². The zero-order valence-corrected chi connectivity index (χ0v) is 14.2. The number of hydrogen-bond donors (Lipinski definition) is 2. The van der Waals surface area contributed by atoms with Gasteiger partial charge in [-0.3, -0.25) is 10.2 Å². The Bertz CT molecular complexity index is 621. The highest BCUT2D eigenvalue weighted by Gasteiger charge is 2.10. The normalized spacial score (nSPS) is 11.0. The molecule has 2 N–H and O–H groups in total. The Morgan fingerprint density at radius 1 is 1.27 bits per heavy atom. The zero-order chi connectivity index (χ0) is 16.1. The van der Waals surface area contributed by atoms with Crippen LogP contribution in [0.5, 0.6) is 0 Å². The first kappa shape index (κ1) is 16.5. The largest absolute Gasteiger partial charge is 0.325 e. The number of urea groups is 1. The van der Waals surface area contributed by atoms with Crippen LogP contribution < -0.4 is 10.6 Å². The molecule has 118 valence electrons. The van der Waals surface area contributed by atoms with E-state index < -0.39 is 0 Å². The quantitative estimate of drug-likeness (QED) is 0.878. The smallest absolute Gasteiger partial charge is 0.308 e. The molecule has 0 aliphatic heterocycles. The van der Waals surface area contributed by atoms with E-state index >= 15 is 0 Å². The molecule has 0 spiro atoms. The van der Waals surface area contributed by atoms with Crippen LogP contribution in [0.15, 0.2) is 29.6 Å². The summed E-state index contributed by atoms with van der Waals surface area (Å²) in [6, 6.07) is 7.85. The predicted molar refractivity (Wildman–Crippen MR) is 92.5 cm³/mol. The van der Waals surface area contributed by atoms with Crippen molar-refractivity contribution in [1.82, 2.24) is 9.88 Å². The number of benzene rings is 1. The van der Waals surface area contributed by atoms with Crippen molar-refractivity contribution in [3.05, 3.63) is 40.9 Å². The van der Waals surface area contributed by atoms with Gasteiger partial charge in [-0.15, -0.1) is 11.3 Å². The molecule has 2 amide bonds. The van der Waals surface area contributed by atoms with Crippen LogP contribution in [0.1, 0.15) is 25.1 Å². The number of nitrogens with zero attached hydrogens (tertiary/aromatic N) is 2. The van der Waals surface area contributed by atoms with Gasteiger partial charge in [0.15, 0.2) is 5.13 Å².